The molecule has 1 saturated carbocycles. The topological polar surface area (TPSA) is 76.9 Å². The predicted octanol–water partition coefficient (Wildman–Crippen LogP) is 1.59. The average molecular weight is 347 g/mol. The van der Waals surface area contributed by atoms with Crippen LogP contribution in [0.15, 0.2) is 24.5 Å². The summed E-state index contributed by atoms with van der Waals surface area (Å²) in [6.45, 7) is 2.36. The van der Waals surface area contributed by atoms with Crippen molar-refractivity contribution in [2.45, 2.75) is 56.8 Å². The van der Waals surface area contributed by atoms with E-state index in [0.717, 1.165) is 38.9 Å². The molecule has 1 aliphatic carbocycles. The first-order chi connectivity index (χ1) is 12.1. The number of likely N-dealkylation sites (N-methyl/N-ethyl adjacent to an activating group) is 1. The number of aliphatic carboxylic acids is 1. The fourth-order valence-corrected chi connectivity index (χ4v) is 4.39. The van der Waals surface area contributed by atoms with Gasteiger partial charge in [0.1, 0.15) is 0 Å². The van der Waals surface area contributed by atoms with E-state index in [1.807, 2.05) is 12.1 Å². The minimum Gasteiger partial charge on any atom is -0.481 e. The quantitative estimate of drug-likeness (QED) is 0.842. The Hall–Kier alpha value is -1.50. The van der Waals surface area contributed by atoms with Gasteiger partial charge >= 0.3 is 5.97 Å². The van der Waals surface area contributed by atoms with Crippen molar-refractivity contribution in [3.63, 3.8) is 0 Å². The molecule has 0 bridgehead atoms. The van der Waals surface area contributed by atoms with Crippen LogP contribution in [0, 0.1) is 5.92 Å². The fourth-order valence-electron chi connectivity index (χ4n) is 4.39. The van der Waals surface area contributed by atoms with Crippen LogP contribution in [-0.4, -0.2) is 69.3 Å². The van der Waals surface area contributed by atoms with Crippen LogP contribution in [0.25, 0.3) is 0 Å². The molecule has 1 aliphatic heterocycles. The third-order valence-electron chi connectivity index (χ3n) is 5.88. The molecule has 2 heterocycles. The molecule has 0 aromatic carbocycles. The lowest BCUT2D eigenvalue weighted by Crippen LogP contribution is -2.57. The summed E-state index contributed by atoms with van der Waals surface area (Å²) in [5, 5.41) is 20.2. The van der Waals surface area contributed by atoms with Gasteiger partial charge in [-0.2, -0.15) is 0 Å². The van der Waals surface area contributed by atoms with Crippen LogP contribution in [0.5, 0.6) is 0 Å². The Morgan fingerprint density at radius 1 is 1.24 bits per heavy atom. The number of carbonyl (C=O) groups is 1. The molecule has 3 rings (SSSR count). The van der Waals surface area contributed by atoms with E-state index in [2.05, 4.69) is 21.8 Å². The van der Waals surface area contributed by atoms with Crippen molar-refractivity contribution < 1.29 is 15.0 Å². The fraction of sp³-hybridized carbons (Fsp3) is 0.684. The third kappa shape index (κ3) is 4.37. The number of rotatable bonds is 5. The van der Waals surface area contributed by atoms with Crippen LogP contribution in [-0.2, 0) is 11.3 Å². The molecule has 138 valence electrons. The van der Waals surface area contributed by atoms with Gasteiger partial charge < -0.3 is 10.2 Å². The summed E-state index contributed by atoms with van der Waals surface area (Å²) in [5.74, 6) is -0.902. The highest BCUT2D eigenvalue weighted by molar-refractivity contribution is 5.70. The normalized spacial score (nSPS) is 29.0. The van der Waals surface area contributed by atoms with Crippen molar-refractivity contribution >= 4 is 5.97 Å². The lowest BCUT2D eigenvalue weighted by atomic mass is 9.84. The Bertz CT molecular complexity index is 560. The van der Waals surface area contributed by atoms with Crippen molar-refractivity contribution in [1.82, 2.24) is 14.8 Å². The number of nitrogens with zero attached hydrogens (tertiary/aromatic N) is 3. The first-order valence-corrected chi connectivity index (χ1v) is 9.30. The summed E-state index contributed by atoms with van der Waals surface area (Å²) in [4.78, 5) is 19.8. The molecule has 0 unspecified atom stereocenters. The SMILES string of the molecule is CN(Cc1ccncc1)[C@@H]1CCC[C@H](N2CCC(C(=O)O)CC2)[C@H]1O. The van der Waals surface area contributed by atoms with Gasteiger partial charge in [-0.15, -0.1) is 0 Å². The Labute approximate surface area is 149 Å². The van der Waals surface area contributed by atoms with Crippen molar-refractivity contribution in [3.05, 3.63) is 30.1 Å². The molecule has 1 saturated heterocycles. The molecule has 2 N–H and O–H groups in total. The van der Waals surface area contributed by atoms with Crippen LogP contribution in [0.3, 0.4) is 0 Å². The van der Waals surface area contributed by atoms with Gasteiger partial charge in [0.2, 0.25) is 0 Å². The van der Waals surface area contributed by atoms with E-state index < -0.39 is 5.97 Å². The summed E-state index contributed by atoms with van der Waals surface area (Å²) in [6.07, 6.45) is 7.70. The number of carboxylic acid groups (broad SMARTS) is 1. The highest BCUT2D eigenvalue weighted by atomic mass is 16.4. The van der Waals surface area contributed by atoms with Crippen LogP contribution >= 0.6 is 0 Å². The smallest absolute Gasteiger partial charge is 0.306 e. The first-order valence-electron chi connectivity index (χ1n) is 9.30. The second-order valence-corrected chi connectivity index (χ2v) is 7.48. The van der Waals surface area contributed by atoms with E-state index in [4.69, 9.17) is 5.11 Å². The Morgan fingerprint density at radius 2 is 1.92 bits per heavy atom. The second kappa shape index (κ2) is 8.25. The minimum absolute atomic E-state index is 0.143. The van der Waals surface area contributed by atoms with Crippen LogP contribution in [0.2, 0.25) is 0 Å². The molecule has 3 atom stereocenters. The van der Waals surface area contributed by atoms with E-state index in [1.165, 1.54) is 5.56 Å². The molecule has 1 aromatic rings. The maximum atomic E-state index is 11.1. The van der Waals surface area contributed by atoms with Crippen LogP contribution in [0.1, 0.15) is 37.7 Å². The molecular weight excluding hydrogens is 318 g/mol. The maximum absolute atomic E-state index is 11.1. The van der Waals surface area contributed by atoms with Crippen molar-refractivity contribution in [2.75, 3.05) is 20.1 Å². The number of likely N-dealkylation sites (tertiary alicyclic amines) is 1. The van der Waals surface area contributed by atoms with Gasteiger partial charge in [0.05, 0.1) is 12.0 Å². The van der Waals surface area contributed by atoms with Gasteiger partial charge in [0, 0.05) is 31.0 Å². The summed E-state index contributed by atoms with van der Waals surface area (Å²) < 4.78 is 0. The molecule has 0 radical (unpaired) electrons. The number of hydrogen-bond donors (Lipinski definition) is 2. The lowest BCUT2D eigenvalue weighted by Gasteiger charge is -2.46. The number of pyridine rings is 1. The number of aliphatic hydroxyl groups excluding tert-OH is 1. The van der Waals surface area contributed by atoms with Gasteiger partial charge in [-0.1, -0.05) is 6.42 Å². The molecule has 0 amide bonds. The van der Waals surface area contributed by atoms with E-state index >= 15 is 0 Å². The van der Waals surface area contributed by atoms with Crippen molar-refractivity contribution in [1.29, 1.82) is 0 Å². The number of aliphatic hydroxyl groups is 1. The molecule has 0 spiro atoms. The molecule has 25 heavy (non-hydrogen) atoms. The Kier molecular flexibility index (Phi) is 6.04. The highest BCUT2D eigenvalue weighted by Gasteiger charge is 2.39. The van der Waals surface area contributed by atoms with Gasteiger partial charge in [0.25, 0.3) is 0 Å². The molecule has 1 aromatic heterocycles. The average Bonchev–Trinajstić information content (AvgIpc) is 2.63. The van der Waals surface area contributed by atoms with Gasteiger partial charge in [0.15, 0.2) is 0 Å². The summed E-state index contributed by atoms with van der Waals surface area (Å²) in [5.41, 5.74) is 1.20. The number of carboxylic acids is 1. The summed E-state index contributed by atoms with van der Waals surface area (Å²) >= 11 is 0. The second-order valence-electron chi connectivity index (χ2n) is 7.48. The molecule has 2 aliphatic rings. The van der Waals surface area contributed by atoms with Gasteiger partial charge in [-0.3, -0.25) is 19.6 Å². The standard InChI is InChI=1S/C19H29N3O3/c1-21(13-14-5-9-20-10-6-14)16-3-2-4-17(18(16)23)22-11-7-15(8-12-22)19(24)25/h5-6,9-10,15-18,23H,2-4,7-8,11-13H2,1H3,(H,24,25)/t16-,17+,18+/m1/s1. The van der Waals surface area contributed by atoms with E-state index in [-0.39, 0.29) is 24.1 Å². The van der Waals surface area contributed by atoms with Gasteiger partial charge in [-0.25, -0.2) is 0 Å². The first kappa shape index (κ1) is 18.3. The lowest BCUT2D eigenvalue weighted by molar-refractivity contribution is -0.144. The molecule has 6 nitrogen and oxygen atoms in total. The maximum Gasteiger partial charge on any atom is 0.306 e. The van der Waals surface area contributed by atoms with Crippen molar-refractivity contribution in [3.8, 4) is 0 Å². The zero-order valence-electron chi connectivity index (χ0n) is 14.9. The highest BCUT2D eigenvalue weighted by Crippen LogP contribution is 2.30. The zero-order chi connectivity index (χ0) is 17.8. The number of hydrogen-bond acceptors (Lipinski definition) is 5. The zero-order valence-corrected chi connectivity index (χ0v) is 14.9. The number of piperidine rings is 1. The minimum atomic E-state index is -0.682. The van der Waals surface area contributed by atoms with Crippen molar-refractivity contribution in [2.24, 2.45) is 5.92 Å². The molecule has 6 heteroatoms. The van der Waals surface area contributed by atoms with E-state index in [9.17, 15) is 9.90 Å². The Balaban J connectivity index is 1.59. The third-order valence-corrected chi connectivity index (χ3v) is 5.88. The van der Waals surface area contributed by atoms with Crippen LogP contribution < -0.4 is 0 Å². The molecule has 2 fully saturated rings. The van der Waals surface area contributed by atoms with E-state index in [1.54, 1.807) is 12.4 Å². The monoisotopic (exact) mass is 347 g/mol. The predicted molar refractivity (Wildman–Crippen MR) is 95.1 cm³/mol. The van der Waals surface area contributed by atoms with E-state index in [0.29, 0.717) is 12.8 Å². The van der Waals surface area contributed by atoms with Gasteiger partial charge in [-0.05, 0) is 63.5 Å². The molecular formula is C19H29N3O3. The van der Waals surface area contributed by atoms with Crippen LogP contribution in [0.4, 0.5) is 0 Å². The Morgan fingerprint density at radius 3 is 2.56 bits per heavy atom. The summed E-state index contributed by atoms with van der Waals surface area (Å²) in [6, 6.07) is 4.32. The summed E-state index contributed by atoms with van der Waals surface area (Å²) in [7, 11) is 2.08. The largest absolute Gasteiger partial charge is 0.481 e. The number of aromatic nitrogens is 1.